The first-order valence-corrected chi connectivity index (χ1v) is 8.45. The van der Waals surface area contributed by atoms with Gasteiger partial charge >= 0.3 is 6.03 Å². The van der Waals surface area contributed by atoms with Crippen LogP contribution in [0.25, 0.3) is 0 Å². The fourth-order valence-corrected chi connectivity index (χ4v) is 3.21. The van der Waals surface area contributed by atoms with Crippen LogP contribution in [0.4, 0.5) is 4.79 Å². The van der Waals surface area contributed by atoms with Crippen LogP contribution in [0.1, 0.15) is 18.9 Å². The van der Waals surface area contributed by atoms with Gasteiger partial charge in [-0.25, -0.2) is 10.1 Å². The van der Waals surface area contributed by atoms with Crippen LogP contribution in [0, 0.1) is 0 Å². The van der Waals surface area contributed by atoms with Gasteiger partial charge < -0.3 is 19.7 Å². The molecule has 2 aliphatic rings. The van der Waals surface area contributed by atoms with Crippen LogP contribution in [0.15, 0.2) is 42.1 Å². The number of rotatable bonds is 6. The Morgan fingerprint density at radius 3 is 2.69 bits per heavy atom. The highest BCUT2D eigenvalue weighted by Gasteiger charge is 2.53. The molecule has 1 saturated heterocycles. The second kappa shape index (κ2) is 7.65. The third-order valence-electron chi connectivity index (χ3n) is 4.70. The topological polar surface area (TPSA) is 105 Å². The van der Waals surface area contributed by atoms with Crippen molar-refractivity contribution in [3.63, 3.8) is 0 Å². The minimum Gasteiger partial charge on any atom is -0.394 e. The van der Waals surface area contributed by atoms with Crippen LogP contribution >= 0.6 is 0 Å². The number of aliphatic hydroxyl groups excluding tert-OH is 2. The number of carbonyl (C=O) groups excluding carboxylic acids is 2. The van der Waals surface area contributed by atoms with Crippen LogP contribution in [0.2, 0.25) is 0 Å². The lowest BCUT2D eigenvalue weighted by molar-refractivity contribution is -0.872. The summed E-state index contributed by atoms with van der Waals surface area (Å²) in [7, 11) is 0. The Morgan fingerprint density at radius 2 is 2.04 bits per heavy atom. The van der Waals surface area contributed by atoms with E-state index < -0.39 is 34.9 Å². The second-order valence-corrected chi connectivity index (χ2v) is 6.58. The zero-order chi connectivity index (χ0) is 18.7. The molecule has 2 aliphatic heterocycles. The maximum atomic E-state index is 12.7. The summed E-state index contributed by atoms with van der Waals surface area (Å²) in [6, 6.07) is 8.91. The summed E-state index contributed by atoms with van der Waals surface area (Å²) in [5.74, 6) is -0.468. The number of aliphatic hydroxyl groups is 2. The van der Waals surface area contributed by atoms with E-state index in [1.165, 1.54) is 6.20 Å². The van der Waals surface area contributed by atoms with Gasteiger partial charge in [0, 0.05) is 0 Å². The molecule has 0 spiro atoms. The van der Waals surface area contributed by atoms with Crippen LogP contribution in [-0.2, 0) is 20.9 Å². The van der Waals surface area contributed by atoms with E-state index in [4.69, 9.17) is 9.47 Å². The fraction of sp³-hybridized carbons (Fsp3) is 0.444. The highest BCUT2D eigenvalue weighted by atomic mass is 16.6. The highest BCUT2D eigenvalue weighted by Crippen LogP contribution is 2.32. The molecule has 4 atom stereocenters. The molecule has 0 aliphatic carbocycles. The Labute approximate surface area is 151 Å². The normalized spacial score (nSPS) is 31.7. The first-order valence-electron chi connectivity index (χ1n) is 8.45. The number of nitrogens with zero attached hydrogens (tertiary/aromatic N) is 1. The molecule has 1 fully saturated rings. The number of quaternary nitrogens is 1. The summed E-state index contributed by atoms with van der Waals surface area (Å²) >= 11 is 0. The summed E-state index contributed by atoms with van der Waals surface area (Å²) < 4.78 is 11.0. The van der Waals surface area contributed by atoms with Gasteiger partial charge in [0.2, 0.25) is 6.23 Å². The van der Waals surface area contributed by atoms with E-state index in [-0.39, 0.29) is 26.4 Å². The molecular formula is C18H23N2O6+. The molecule has 1 aromatic carbocycles. The van der Waals surface area contributed by atoms with Gasteiger partial charge in [-0.05, 0) is 12.5 Å². The Bertz CT molecular complexity index is 707. The summed E-state index contributed by atoms with van der Waals surface area (Å²) in [5, 5.41) is 21.7. The van der Waals surface area contributed by atoms with E-state index in [2.05, 4.69) is 5.32 Å². The van der Waals surface area contributed by atoms with Gasteiger partial charge in [0.1, 0.15) is 12.3 Å². The monoisotopic (exact) mass is 363 g/mol. The van der Waals surface area contributed by atoms with Crippen molar-refractivity contribution >= 4 is 11.9 Å². The fourth-order valence-electron chi connectivity index (χ4n) is 3.21. The number of benzene rings is 1. The van der Waals surface area contributed by atoms with E-state index in [9.17, 15) is 19.8 Å². The van der Waals surface area contributed by atoms with Crippen molar-refractivity contribution in [2.75, 3.05) is 13.3 Å². The predicted octanol–water partition coefficient (Wildman–Crippen LogP) is 0.599. The van der Waals surface area contributed by atoms with Gasteiger partial charge in [0.15, 0.2) is 6.73 Å². The molecule has 0 bridgehead atoms. The number of amides is 3. The van der Waals surface area contributed by atoms with E-state index in [0.29, 0.717) is 5.57 Å². The molecule has 26 heavy (non-hydrogen) atoms. The largest absolute Gasteiger partial charge is 0.432 e. The minimum absolute atomic E-state index is 0.0686. The van der Waals surface area contributed by atoms with E-state index in [1.54, 1.807) is 6.92 Å². The highest BCUT2D eigenvalue weighted by molar-refractivity contribution is 6.03. The lowest BCUT2D eigenvalue weighted by atomic mass is 10.1. The van der Waals surface area contributed by atoms with E-state index in [1.807, 2.05) is 30.3 Å². The standard InChI is InChI=1S/C18H22N2O6/c1-12-8-20(18(24)19-17(12)23,16-7-14(22)15(9-21)26-16)11-25-10-13-5-3-2-4-6-13/h2-6,8,14-16,21-22H,7,9-11H2,1H3/p+1/t14-,15+,16+,20?/m0/s1. The van der Waals surface area contributed by atoms with E-state index in [0.717, 1.165) is 5.56 Å². The molecule has 3 N–H and O–H groups in total. The molecular weight excluding hydrogens is 340 g/mol. The predicted molar refractivity (Wildman–Crippen MR) is 90.0 cm³/mol. The van der Waals surface area contributed by atoms with Crippen molar-refractivity contribution in [1.82, 2.24) is 5.32 Å². The third-order valence-corrected chi connectivity index (χ3v) is 4.70. The maximum Gasteiger partial charge on any atom is 0.432 e. The summed E-state index contributed by atoms with van der Waals surface area (Å²) in [6.07, 6.45) is -0.785. The zero-order valence-corrected chi connectivity index (χ0v) is 14.5. The Hall–Kier alpha value is -2.10. The molecule has 0 aromatic heterocycles. The quantitative estimate of drug-likeness (QED) is 0.639. The van der Waals surface area contributed by atoms with Crippen molar-refractivity contribution in [3.05, 3.63) is 47.7 Å². The third kappa shape index (κ3) is 3.55. The van der Waals surface area contributed by atoms with Gasteiger partial charge in [-0.1, -0.05) is 30.3 Å². The van der Waals surface area contributed by atoms with E-state index >= 15 is 0 Å². The second-order valence-electron chi connectivity index (χ2n) is 6.58. The SMILES string of the molecule is CC1=C[N+](COCc2ccccc2)([C@H]2C[C@H](O)[C@@H](CO)O2)C(=O)NC1=O. The molecule has 0 radical (unpaired) electrons. The van der Waals surface area contributed by atoms with Crippen LogP contribution in [-0.4, -0.2) is 58.4 Å². The van der Waals surface area contributed by atoms with Crippen molar-refractivity contribution in [3.8, 4) is 0 Å². The zero-order valence-electron chi connectivity index (χ0n) is 14.5. The summed E-state index contributed by atoms with van der Waals surface area (Å²) in [6.45, 7) is 1.46. The van der Waals surface area contributed by atoms with Gasteiger partial charge in [0.05, 0.1) is 31.3 Å². The number of hydrogen-bond acceptors (Lipinski definition) is 6. The molecule has 0 saturated carbocycles. The Balaban J connectivity index is 1.82. The average Bonchev–Trinajstić information content (AvgIpc) is 3.01. The van der Waals surface area contributed by atoms with Gasteiger partial charge in [-0.3, -0.25) is 4.79 Å². The molecule has 3 rings (SSSR count). The average molecular weight is 363 g/mol. The number of imide groups is 1. The minimum atomic E-state index is -0.895. The molecule has 8 nitrogen and oxygen atoms in total. The number of ether oxygens (including phenoxy) is 2. The van der Waals surface area contributed by atoms with Gasteiger partial charge in [0.25, 0.3) is 5.91 Å². The van der Waals surface area contributed by atoms with Gasteiger partial charge in [-0.2, -0.15) is 4.48 Å². The lowest BCUT2D eigenvalue weighted by Crippen LogP contribution is -2.64. The van der Waals surface area contributed by atoms with Crippen molar-refractivity contribution in [2.24, 2.45) is 0 Å². The number of hydrogen-bond donors (Lipinski definition) is 3. The van der Waals surface area contributed by atoms with Crippen LogP contribution < -0.4 is 5.32 Å². The molecule has 140 valence electrons. The van der Waals surface area contributed by atoms with Crippen LogP contribution in [0.5, 0.6) is 0 Å². The summed E-state index contributed by atoms with van der Waals surface area (Å²) in [4.78, 5) is 24.5. The van der Waals surface area contributed by atoms with Crippen molar-refractivity contribution in [1.29, 1.82) is 0 Å². The maximum absolute atomic E-state index is 12.7. The van der Waals surface area contributed by atoms with Crippen LogP contribution in [0.3, 0.4) is 0 Å². The number of urea groups is 1. The lowest BCUT2D eigenvalue weighted by Gasteiger charge is -2.37. The van der Waals surface area contributed by atoms with Crippen molar-refractivity contribution < 1.29 is 33.8 Å². The summed E-state index contributed by atoms with van der Waals surface area (Å²) in [5.41, 5.74) is 1.30. The first kappa shape index (κ1) is 18.7. The number of nitrogens with one attached hydrogen (secondary N) is 1. The van der Waals surface area contributed by atoms with Crippen molar-refractivity contribution in [2.45, 2.75) is 38.4 Å². The number of carbonyl (C=O) groups is 2. The van der Waals surface area contributed by atoms with Gasteiger partial charge in [-0.15, -0.1) is 0 Å². The molecule has 1 unspecified atom stereocenters. The first-order chi connectivity index (χ1) is 12.5. The molecule has 8 heteroatoms. The Kier molecular flexibility index (Phi) is 5.49. The Morgan fingerprint density at radius 1 is 1.31 bits per heavy atom. The molecule has 1 aromatic rings. The molecule has 3 amide bonds. The smallest absolute Gasteiger partial charge is 0.394 e. The molecule has 2 heterocycles.